The minimum atomic E-state index is 0.172. The van der Waals surface area contributed by atoms with Crippen molar-refractivity contribution in [1.29, 1.82) is 0 Å². The van der Waals surface area contributed by atoms with Gasteiger partial charge in [0.25, 0.3) is 0 Å². The lowest BCUT2D eigenvalue weighted by Crippen LogP contribution is -2.42. The van der Waals surface area contributed by atoms with Gasteiger partial charge < -0.3 is 10.5 Å². The van der Waals surface area contributed by atoms with Gasteiger partial charge in [-0.15, -0.1) is 0 Å². The van der Waals surface area contributed by atoms with E-state index in [2.05, 4.69) is 35.9 Å². The maximum atomic E-state index is 6.34. The molecule has 2 aromatic rings. The van der Waals surface area contributed by atoms with E-state index < -0.39 is 0 Å². The number of thiazole rings is 1. The number of nitrogen functional groups attached to an aromatic ring is 1. The van der Waals surface area contributed by atoms with Crippen molar-refractivity contribution in [1.82, 2.24) is 9.88 Å². The van der Waals surface area contributed by atoms with Crippen LogP contribution >= 0.6 is 11.3 Å². The third-order valence-corrected chi connectivity index (χ3v) is 4.81. The van der Waals surface area contributed by atoms with Crippen molar-refractivity contribution in [3.63, 3.8) is 0 Å². The number of aryl methyl sites for hydroxylation is 1. The Hall–Kier alpha value is -1.33. The van der Waals surface area contributed by atoms with Crippen LogP contribution in [0.25, 0.3) is 10.2 Å². The molecule has 0 aliphatic carbocycles. The molecule has 114 valence electrons. The van der Waals surface area contributed by atoms with E-state index in [0.29, 0.717) is 5.13 Å². The number of nitrogens with two attached hydrogens (primary N) is 1. The third-order valence-electron chi connectivity index (χ3n) is 3.96. The second-order valence-corrected chi connectivity index (χ2v) is 6.66. The van der Waals surface area contributed by atoms with E-state index in [1.54, 1.807) is 0 Å². The number of nitrogens with zero attached hydrogens (tertiary/aromatic N) is 2. The summed E-state index contributed by atoms with van der Waals surface area (Å²) in [4.78, 5) is 6.92. The van der Waals surface area contributed by atoms with Gasteiger partial charge in [0.2, 0.25) is 0 Å². The highest BCUT2D eigenvalue weighted by Crippen LogP contribution is 2.38. The van der Waals surface area contributed by atoms with Gasteiger partial charge in [0, 0.05) is 19.5 Å². The summed E-state index contributed by atoms with van der Waals surface area (Å²) in [5.41, 5.74) is 8.05. The average molecular weight is 305 g/mol. The van der Waals surface area contributed by atoms with Crippen LogP contribution in [0.2, 0.25) is 0 Å². The standard InChI is InChI=1S/C16H23N3OS/c1-3-9-19(10-4-2)13-8-6-11-5-7-12-14(15(11)20-13)18-16(17)21-12/h5,7,13H,3-4,6,8-10H2,1-2H3,(H2,17,18). The van der Waals surface area contributed by atoms with Gasteiger partial charge in [0.05, 0.1) is 4.70 Å². The van der Waals surface area contributed by atoms with Crippen molar-refractivity contribution in [3.05, 3.63) is 17.7 Å². The molecule has 1 aromatic heterocycles. The van der Waals surface area contributed by atoms with Gasteiger partial charge in [-0.25, -0.2) is 4.98 Å². The zero-order valence-electron chi connectivity index (χ0n) is 12.8. The van der Waals surface area contributed by atoms with E-state index in [4.69, 9.17) is 10.5 Å². The highest BCUT2D eigenvalue weighted by atomic mass is 32.1. The zero-order valence-corrected chi connectivity index (χ0v) is 13.6. The quantitative estimate of drug-likeness (QED) is 0.916. The first-order valence-corrected chi connectivity index (χ1v) is 8.63. The fourth-order valence-corrected chi connectivity index (χ4v) is 3.80. The molecule has 5 heteroatoms. The molecule has 0 fully saturated rings. The first-order valence-electron chi connectivity index (χ1n) is 7.81. The van der Waals surface area contributed by atoms with E-state index in [-0.39, 0.29) is 6.23 Å². The van der Waals surface area contributed by atoms with Crippen LogP contribution < -0.4 is 10.5 Å². The summed E-state index contributed by atoms with van der Waals surface area (Å²) in [5.74, 6) is 0.953. The van der Waals surface area contributed by atoms with Crippen LogP contribution in [0.4, 0.5) is 5.13 Å². The number of anilines is 1. The molecule has 1 atom stereocenters. The molecular formula is C16H23N3OS. The lowest BCUT2D eigenvalue weighted by molar-refractivity contribution is 0.0106. The molecule has 2 heterocycles. The second-order valence-electron chi connectivity index (χ2n) is 5.60. The van der Waals surface area contributed by atoms with Gasteiger partial charge in [-0.1, -0.05) is 31.3 Å². The third kappa shape index (κ3) is 2.85. The minimum Gasteiger partial charge on any atom is -0.472 e. The number of hydrogen-bond donors (Lipinski definition) is 1. The van der Waals surface area contributed by atoms with E-state index >= 15 is 0 Å². The molecule has 0 saturated heterocycles. The number of fused-ring (bicyclic) bond motifs is 3. The van der Waals surface area contributed by atoms with E-state index in [0.717, 1.165) is 54.7 Å². The van der Waals surface area contributed by atoms with Crippen molar-refractivity contribution >= 4 is 26.7 Å². The number of rotatable bonds is 5. The lowest BCUT2D eigenvalue weighted by Gasteiger charge is -2.35. The molecule has 0 radical (unpaired) electrons. The SMILES string of the molecule is CCCN(CCC)C1CCc2ccc3sc(N)nc3c2O1. The van der Waals surface area contributed by atoms with Crippen molar-refractivity contribution in [2.24, 2.45) is 0 Å². The maximum Gasteiger partial charge on any atom is 0.181 e. The van der Waals surface area contributed by atoms with Crippen LogP contribution in [0.15, 0.2) is 12.1 Å². The van der Waals surface area contributed by atoms with Gasteiger partial charge in [-0.3, -0.25) is 4.90 Å². The first kappa shape index (κ1) is 14.6. The normalized spacial score (nSPS) is 18.0. The van der Waals surface area contributed by atoms with Crippen LogP contribution in [0.5, 0.6) is 5.75 Å². The molecule has 4 nitrogen and oxygen atoms in total. The van der Waals surface area contributed by atoms with Gasteiger partial charge >= 0.3 is 0 Å². The van der Waals surface area contributed by atoms with Gasteiger partial charge in [-0.2, -0.15) is 0 Å². The Morgan fingerprint density at radius 1 is 1.33 bits per heavy atom. The topological polar surface area (TPSA) is 51.4 Å². The molecule has 0 amide bonds. The molecule has 0 bridgehead atoms. The molecule has 1 aromatic carbocycles. The molecule has 21 heavy (non-hydrogen) atoms. The predicted octanol–water partition coefficient (Wildman–Crippen LogP) is 3.65. The van der Waals surface area contributed by atoms with Gasteiger partial charge in [0.15, 0.2) is 17.1 Å². The highest BCUT2D eigenvalue weighted by Gasteiger charge is 2.27. The first-order chi connectivity index (χ1) is 10.2. The van der Waals surface area contributed by atoms with E-state index in [9.17, 15) is 0 Å². The van der Waals surface area contributed by atoms with Crippen LogP contribution in [0.3, 0.4) is 0 Å². The molecule has 2 N–H and O–H groups in total. The Labute approximate surface area is 129 Å². The Morgan fingerprint density at radius 2 is 2.10 bits per heavy atom. The fourth-order valence-electron chi connectivity index (χ4n) is 3.06. The smallest absolute Gasteiger partial charge is 0.181 e. The summed E-state index contributed by atoms with van der Waals surface area (Å²) in [7, 11) is 0. The highest BCUT2D eigenvalue weighted by molar-refractivity contribution is 7.22. The summed E-state index contributed by atoms with van der Waals surface area (Å²) in [5, 5.41) is 0.614. The lowest BCUT2D eigenvalue weighted by atomic mass is 10.0. The predicted molar refractivity (Wildman–Crippen MR) is 88.9 cm³/mol. The Kier molecular flexibility index (Phi) is 4.31. The van der Waals surface area contributed by atoms with Crippen molar-refractivity contribution in [3.8, 4) is 5.75 Å². The molecule has 1 aliphatic heterocycles. The average Bonchev–Trinajstić information content (AvgIpc) is 2.87. The van der Waals surface area contributed by atoms with E-state index in [1.807, 2.05) is 0 Å². The summed E-state index contributed by atoms with van der Waals surface area (Å²) >= 11 is 1.53. The van der Waals surface area contributed by atoms with Crippen LogP contribution in [0, 0.1) is 0 Å². The van der Waals surface area contributed by atoms with Gasteiger partial charge in [0.1, 0.15) is 5.52 Å². The van der Waals surface area contributed by atoms with E-state index in [1.165, 1.54) is 16.9 Å². The Morgan fingerprint density at radius 3 is 2.81 bits per heavy atom. The van der Waals surface area contributed by atoms with Crippen molar-refractivity contribution in [2.75, 3.05) is 18.8 Å². The molecule has 1 aliphatic rings. The molecule has 1 unspecified atom stereocenters. The van der Waals surface area contributed by atoms with Gasteiger partial charge in [-0.05, 0) is 30.9 Å². The molecule has 0 saturated carbocycles. The summed E-state index contributed by atoms with van der Waals surface area (Å²) in [6.45, 7) is 6.61. The summed E-state index contributed by atoms with van der Waals surface area (Å²) in [6.07, 6.45) is 4.59. The van der Waals surface area contributed by atoms with Crippen molar-refractivity contribution in [2.45, 2.75) is 45.8 Å². The number of ether oxygens (including phenoxy) is 1. The second kappa shape index (κ2) is 6.20. The fraction of sp³-hybridized carbons (Fsp3) is 0.562. The Balaban J connectivity index is 1.90. The monoisotopic (exact) mass is 305 g/mol. The van der Waals surface area contributed by atoms with Crippen LogP contribution in [0.1, 0.15) is 38.7 Å². The number of aromatic nitrogens is 1. The molecule has 3 rings (SSSR count). The van der Waals surface area contributed by atoms with Crippen LogP contribution in [-0.2, 0) is 6.42 Å². The Bertz CT molecular complexity index is 619. The number of benzene rings is 1. The summed E-state index contributed by atoms with van der Waals surface area (Å²) < 4.78 is 7.46. The number of hydrogen-bond acceptors (Lipinski definition) is 5. The largest absolute Gasteiger partial charge is 0.472 e. The maximum absolute atomic E-state index is 6.34. The zero-order chi connectivity index (χ0) is 14.8. The molecular weight excluding hydrogens is 282 g/mol. The minimum absolute atomic E-state index is 0.172. The van der Waals surface area contributed by atoms with Crippen LogP contribution in [-0.4, -0.2) is 29.2 Å². The molecule has 0 spiro atoms. The summed E-state index contributed by atoms with van der Waals surface area (Å²) in [6, 6.07) is 4.28. The van der Waals surface area contributed by atoms with Crippen molar-refractivity contribution < 1.29 is 4.74 Å².